The molecule has 0 saturated heterocycles. The SMILES string of the molecule is CCN(C)Cc1ccc(OCCc2coc(-c3cc(C(C)(C)C)c(O)c(C(C)(C)C)c3)n2)c(CN(C)CC)c1.Cl.Cl.O. The summed E-state index contributed by atoms with van der Waals surface area (Å²) in [4.78, 5) is 9.37. The van der Waals surface area contributed by atoms with Gasteiger partial charge in [0.2, 0.25) is 5.89 Å². The van der Waals surface area contributed by atoms with E-state index in [9.17, 15) is 5.11 Å². The van der Waals surface area contributed by atoms with E-state index >= 15 is 0 Å². The third kappa shape index (κ3) is 10.5. The third-order valence-electron chi connectivity index (χ3n) is 7.24. The number of phenols is 1. The summed E-state index contributed by atoms with van der Waals surface area (Å²) >= 11 is 0. The number of nitrogens with zero attached hydrogens (tertiary/aromatic N) is 3. The maximum absolute atomic E-state index is 11.1. The second-order valence-electron chi connectivity index (χ2n) is 12.8. The molecule has 3 rings (SSSR count). The van der Waals surface area contributed by atoms with Gasteiger partial charge in [0.05, 0.1) is 12.3 Å². The Morgan fingerprint density at radius 3 is 1.93 bits per heavy atom. The van der Waals surface area contributed by atoms with Crippen molar-refractivity contribution in [3.63, 3.8) is 0 Å². The highest BCUT2D eigenvalue weighted by Crippen LogP contribution is 2.41. The molecule has 2 aromatic carbocycles. The summed E-state index contributed by atoms with van der Waals surface area (Å²) in [5, 5.41) is 11.1. The minimum Gasteiger partial charge on any atom is -0.507 e. The van der Waals surface area contributed by atoms with Crippen LogP contribution in [-0.4, -0.2) is 59.2 Å². The largest absolute Gasteiger partial charge is 0.507 e. The summed E-state index contributed by atoms with van der Waals surface area (Å²) in [6.45, 7) is 21.3. The van der Waals surface area contributed by atoms with Crippen molar-refractivity contribution >= 4 is 24.8 Å². The molecule has 0 amide bonds. The van der Waals surface area contributed by atoms with Crippen molar-refractivity contribution in [2.75, 3.05) is 33.8 Å². The summed E-state index contributed by atoms with van der Waals surface area (Å²) in [7, 11) is 4.27. The molecule has 3 N–H and O–H groups in total. The van der Waals surface area contributed by atoms with E-state index in [2.05, 4.69) is 97.5 Å². The Balaban J connectivity index is 0.00000560. The van der Waals surface area contributed by atoms with Crippen molar-refractivity contribution in [3.8, 4) is 23.0 Å². The highest BCUT2D eigenvalue weighted by atomic mass is 35.5. The second kappa shape index (κ2) is 16.5. The van der Waals surface area contributed by atoms with Crippen LogP contribution in [0.4, 0.5) is 0 Å². The molecule has 0 aliphatic rings. The molecule has 7 nitrogen and oxygen atoms in total. The number of hydrogen-bond acceptors (Lipinski definition) is 6. The zero-order valence-electron chi connectivity index (χ0n) is 27.1. The molecule has 0 aliphatic heterocycles. The number of ether oxygens (including phenoxy) is 1. The molecule has 0 spiro atoms. The molecule has 238 valence electrons. The Morgan fingerprint density at radius 2 is 1.40 bits per heavy atom. The van der Waals surface area contributed by atoms with Gasteiger partial charge in [0, 0.05) is 41.8 Å². The van der Waals surface area contributed by atoms with Gasteiger partial charge in [-0.05, 0) is 67.8 Å². The lowest BCUT2D eigenvalue weighted by molar-refractivity contribution is 0.299. The van der Waals surface area contributed by atoms with Crippen LogP contribution < -0.4 is 4.74 Å². The summed E-state index contributed by atoms with van der Waals surface area (Å²) in [6.07, 6.45) is 2.36. The van der Waals surface area contributed by atoms with Gasteiger partial charge < -0.3 is 29.5 Å². The number of benzene rings is 2. The fourth-order valence-corrected chi connectivity index (χ4v) is 4.54. The maximum atomic E-state index is 11.1. The normalized spacial score (nSPS) is 11.6. The molecule has 0 fully saturated rings. The predicted octanol–water partition coefficient (Wildman–Crippen LogP) is 7.19. The number of phenolic OH excluding ortho intramolecular Hbond substituents is 1. The molecule has 0 saturated carbocycles. The lowest BCUT2D eigenvalue weighted by Gasteiger charge is -2.27. The van der Waals surface area contributed by atoms with E-state index < -0.39 is 0 Å². The zero-order chi connectivity index (χ0) is 29.0. The maximum Gasteiger partial charge on any atom is 0.226 e. The van der Waals surface area contributed by atoms with Gasteiger partial charge in [-0.25, -0.2) is 4.98 Å². The second-order valence-corrected chi connectivity index (χ2v) is 12.8. The molecule has 1 aromatic heterocycles. The van der Waals surface area contributed by atoms with Crippen LogP contribution in [0.2, 0.25) is 0 Å². The molecular weight excluding hydrogens is 573 g/mol. The number of aromatic hydroxyl groups is 1. The van der Waals surface area contributed by atoms with Gasteiger partial charge in [0.25, 0.3) is 0 Å². The van der Waals surface area contributed by atoms with E-state index in [1.807, 2.05) is 12.1 Å². The van der Waals surface area contributed by atoms with E-state index in [1.54, 1.807) is 6.26 Å². The fraction of sp³-hybridized carbons (Fsp3) is 0.545. The lowest BCUT2D eigenvalue weighted by Crippen LogP contribution is -2.19. The van der Waals surface area contributed by atoms with Crippen molar-refractivity contribution in [3.05, 3.63) is 64.5 Å². The Labute approximate surface area is 265 Å². The molecule has 0 radical (unpaired) electrons. The molecule has 0 unspecified atom stereocenters. The highest BCUT2D eigenvalue weighted by molar-refractivity contribution is 5.85. The molecule has 0 aliphatic carbocycles. The summed E-state index contributed by atoms with van der Waals surface area (Å²) in [5.41, 5.74) is 5.59. The van der Waals surface area contributed by atoms with Gasteiger partial charge in [-0.3, -0.25) is 0 Å². The van der Waals surface area contributed by atoms with E-state index in [0.717, 1.165) is 54.3 Å². The number of aromatic nitrogens is 1. The third-order valence-corrected chi connectivity index (χ3v) is 7.24. The topological polar surface area (TPSA) is 93.5 Å². The molecule has 0 bridgehead atoms. The van der Waals surface area contributed by atoms with Gasteiger partial charge in [0.15, 0.2) is 0 Å². The number of rotatable bonds is 11. The van der Waals surface area contributed by atoms with E-state index in [-0.39, 0.29) is 41.1 Å². The van der Waals surface area contributed by atoms with Crippen molar-refractivity contribution in [1.29, 1.82) is 0 Å². The quantitative estimate of drug-likeness (QED) is 0.242. The summed E-state index contributed by atoms with van der Waals surface area (Å²) < 4.78 is 12.2. The molecule has 9 heteroatoms. The van der Waals surface area contributed by atoms with Crippen molar-refractivity contribution in [2.45, 2.75) is 85.7 Å². The van der Waals surface area contributed by atoms with Crippen LogP contribution >= 0.6 is 24.8 Å². The van der Waals surface area contributed by atoms with Crippen molar-refractivity contribution < 1.29 is 19.7 Å². The standard InChI is InChI=1S/C33H49N3O3.2ClH.H2O/c1-11-35(9)20-23-13-14-29(25(17-23)21-36(10)12-2)38-16-15-26-22-39-31(34-26)24-18-27(32(3,4)5)30(37)28(19-24)33(6,7)8;;;/h13-14,17-19,22,37H,11-12,15-16,20-21H2,1-10H3;2*1H;1H2. The Hall–Kier alpha value is -2.29. The first-order chi connectivity index (χ1) is 18.2. The van der Waals surface area contributed by atoms with Crippen LogP contribution in [0.25, 0.3) is 11.5 Å². The average Bonchev–Trinajstić information content (AvgIpc) is 3.32. The lowest BCUT2D eigenvalue weighted by atomic mass is 9.78. The summed E-state index contributed by atoms with van der Waals surface area (Å²) in [6, 6.07) is 10.5. The average molecular weight is 627 g/mol. The van der Waals surface area contributed by atoms with E-state index in [1.165, 1.54) is 11.1 Å². The number of halogens is 2. The van der Waals surface area contributed by atoms with E-state index in [0.29, 0.717) is 24.7 Å². The molecular formula is C33H53Cl2N3O4. The van der Waals surface area contributed by atoms with Crippen molar-refractivity contribution in [2.24, 2.45) is 0 Å². The van der Waals surface area contributed by atoms with Gasteiger partial charge in [0.1, 0.15) is 17.8 Å². The first-order valence-electron chi connectivity index (χ1n) is 14.2. The number of oxazole rings is 1. The van der Waals surface area contributed by atoms with Gasteiger partial charge >= 0.3 is 0 Å². The van der Waals surface area contributed by atoms with Crippen LogP contribution in [-0.2, 0) is 30.3 Å². The smallest absolute Gasteiger partial charge is 0.226 e. The number of hydrogen-bond donors (Lipinski definition) is 1. The fourth-order valence-electron chi connectivity index (χ4n) is 4.54. The van der Waals surface area contributed by atoms with Crippen LogP contribution in [0.15, 0.2) is 41.0 Å². The molecule has 3 aromatic rings. The van der Waals surface area contributed by atoms with Gasteiger partial charge in [-0.2, -0.15) is 0 Å². The molecule has 0 atom stereocenters. The van der Waals surface area contributed by atoms with Crippen LogP contribution in [0.1, 0.15) is 83.3 Å². The minimum atomic E-state index is -0.214. The summed E-state index contributed by atoms with van der Waals surface area (Å²) in [5.74, 6) is 1.84. The van der Waals surface area contributed by atoms with Crippen LogP contribution in [0.3, 0.4) is 0 Å². The highest BCUT2D eigenvalue weighted by Gasteiger charge is 2.27. The monoisotopic (exact) mass is 625 g/mol. The Kier molecular flexibility index (Phi) is 15.6. The molecule has 42 heavy (non-hydrogen) atoms. The Bertz CT molecular complexity index is 1210. The van der Waals surface area contributed by atoms with E-state index in [4.69, 9.17) is 14.1 Å². The minimum absolute atomic E-state index is 0. The first kappa shape index (κ1) is 39.7. The van der Waals surface area contributed by atoms with Gasteiger partial charge in [-0.15, -0.1) is 24.8 Å². The predicted molar refractivity (Wildman–Crippen MR) is 179 cm³/mol. The molecule has 1 heterocycles. The van der Waals surface area contributed by atoms with Crippen LogP contribution in [0.5, 0.6) is 11.5 Å². The van der Waals surface area contributed by atoms with Crippen molar-refractivity contribution in [1.82, 2.24) is 14.8 Å². The Morgan fingerprint density at radius 1 is 0.857 bits per heavy atom. The van der Waals surface area contributed by atoms with Gasteiger partial charge in [-0.1, -0.05) is 61.5 Å². The zero-order valence-corrected chi connectivity index (χ0v) is 28.8. The first-order valence-corrected chi connectivity index (χ1v) is 14.2. The van der Waals surface area contributed by atoms with Crippen LogP contribution in [0, 0.1) is 0 Å².